The maximum Gasteiger partial charge on any atom is 0.257 e. The summed E-state index contributed by atoms with van der Waals surface area (Å²) in [7, 11) is 0. The van der Waals surface area contributed by atoms with Gasteiger partial charge in [0.25, 0.3) is 5.91 Å². The monoisotopic (exact) mass is 416 g/mol. The number of rotatable bonds is 5. The molecule has 5 rings (SSSR count). The van der Waals surface area contributed by atoms with Crippen LogP contribution in [0.4, 0.5) is 11.4 Å². The minimum Gasteiger partial charge on any atom is -0.321 e. The number of amides is 3. The average Bonchev–Trinajstić information content (AvgIpc) is 3.47. The number of carbonyl (C=O) groups excluding carboxylic acids is 3. The zero-order valence-corrected chi connectivity index (χ0v) is 18.1. The van der Waals surface area contributed by atoms with E-state index in [0.29, 0.717) is 23.1 Å². The standard InChI is InChI=1S/C26H28N2O3/c1-3-15-8-7-9-16(4-2)23(15)27-24(29)19-10-5-6-11-20(19)28-25(30)21-17-12-13-18(14-17)22(21)26(28)31/h5-11,17-18,21-22H,3-4,12-14H2,1-2H3,(H,27,29)/t17-,18-,21-,22+/m0/s1. The maximum atomic E-state index is 13.4. The Morgan fingerprint density at radius 3 is 2.06 bits per heavy atom. The summed E-state index contributed by atoms with van der Waals surface area (Å²) in [4.78, 5) is 41.3. The number of para-hydroxylation sites is 2. The van der Waals surface area contributed by atoms with E-state index in [9.17, 15) is 14.4 Å². The van der Waals surface area contributed by atoms with Gasteiger partial charge in [-0.3, -0.25) is 14.4 Å². The lowest BCUT2D eigenvalue weighted by atomic mass is 9.81. The Hall–Kier alpha value is -2.95. The van der Waals surface area contributed by atoms with Gasteiger partial charge in [0, 0.05) is 5.69 Å². The molecule has 0 spiro atoms. The first-order valence-electron chi connectivity index (χ1n) is 11.4. The van der Waals surface area contributed by atoms with Crippen molar-refractivity contribution in [2.24, 2.45) is 23.7 Å². The molecule has 3 aliphatic rings. The number of fused-ring (bicyclic) bond motifs is 5. The molecule has 0 aromatic heterocycles. The molecule has 1 heterocycles. The third kappa shape index (κ3) is 3.01. The molecular weight excluding hydrogens is 388 g/mol. The van der Waals surface area contributed by atoms with Gasteiger partial charge in [0.1, 0.15) is 0 Å². The van der Waals surface area contributed by atoms with Crippen molar-refractivity contribution >= 4 is 29.1 Å². The number of anilines is 2. The van der Waals surface area contributed by atoms with E-state index in [2.05, 4.69) is 19.2 Å². The highest BCUT2D eigenvalue weighted by molar-refractivity contribution is 6.25. The molecule has 1 saturated heterocycles. The van der Waals surface area contributed by atoms with Crippen LogP contribution in [0.5, 0.6) is 0 Å². The quantitative estimate of drug-likeness (QED) is 0.725. The van der Waals surface area contributed by atoms with Crippen LogP contribution in [-0.2, 0) is 22.4 Å². The van der Waals surface area contributed by atoms with Gasteiger partial charge in [0.15, 0.2) is 0 Å². The van der Waals surface area contributed by atoms with Crippen molar-refractivity contribution in [3.8, 4) is 0 Å². The molecule has 31 heavy (non-hydrogen) atoms. The maximum absolute atomic E-state index is 13.4. The van der Waals surface area contributed by atoms with Crippen molar-refractivity contribution in [2.75, 3.05) is 10.2 Å². The molecule has 2 saturated carbocycles. The summed E-state index contributed by atoms with van der Waals surface area (Å²) in [5.74, 6) is -0.283. The number of aryl methyl sites for hydroxylation is 2. The largest absolute Gasteiger partial charge is 0.321 e. The van der Waals surface area contributed by atoms with Crippen LogP contribution in [0.1, 0.15) is 54.6 Å². The van der Waals surface area contributed by atoms with Gasteiger partial charge < -0.3 is 5.32 Å². The summed E-state index contributed by atoms with van der Waals surface area (Å²) in [5, 5.41) is 3.08. The van der Waals surface area contributed by atoms with Crippen LogP contribution in [0.25, 0.3) is 0 Å². The van der Waals surface area contributed by atoms with Crippen LogP contribution < -0.4 is 10.2 Å². The normalized spacial score (nSPS) is 26.5. The zero-order valence-electron chi connectivity index (χ0n) is 18.1. The second kappa shape index (κ2) is 7.63. The third-order valence-electron chi connectivity index (χ3n) is 7.55. The molecule has 5 heteroatoms. The van der Waals surface area contributed by atoms with Crippen molar-refractivity contribution in [1.82, 2.24) is 0 Å². The van der Waals surface area contributed by atoms with Gasteiger partial charge in [0.05, 0.1) is 23.1 Å². The van der Waals surface area contributed by atoms with Crippen LogP contribution >= 0.6 is 0 Å². The number of nitrogens with one attached hydrogen (secondary N) is 1. The van der Waals surface area contributed by atoms with Gasteiger partial charge in [-0.2, -0.15) is 0 Å². The number of hydrogen-bond donors (Lipinski definition) is 1. The lowest BCUT2D eigenvalue weighted by Crippen LogP contribution is -2.34. The van der Waals surface area contributed by atoms with Gasteiger partial charge in [0.2, 0.25) is 11.8 Å². The van der Waals surface area contributed by atoms with Gasteiger partial charge in [-0.05, 0) is 67.2 Å². The first kappa shape index (κ1) is 20.0. The topological polar surface area (TPSA) is 66.5 Å². The highest BCUT2D eigenvalue weighted by atomic mass is 16.2. The Labute approximate surface area is 182 Å². The Bertz CT molecular complexity index is 1030. The summed E-state index contributed by atoms with van der Waals surface area (Å²) in [6, 6.07) is 13.0. The molecule has 3 amide bonds. The second-order valence-corrected chi connectivity index (χ2v) is 9.03. The van der Waals surface area contributed by atoms with Crippen molar-refractivity contribution in [3.05, 3.63) is 59.2 Å². The van der Waals surface area contributed by atoms with Crippen molar-refractivity contribution in [3.63, 3.8) is 0 Å². The van der Waals surface area contributed by atoms with E-state index < -0.39 is 0 Å². The molecule has 0 unspecified atom stereocenters. The van der Waals surface area contributed by atoms with E-state index in [0.717, 1.165) is 48.9 Å². The molecule has 1 N–H and O–H groups in total. The highest BCUT2D eigenvalue weighted by Gasteiger charge is 2.61. The van der Waals surface area contributed by atoms with E-state index in [1.807, 2.05) is 18.2 Å². The first-order valence-corrected chi connectivity index (χ1v) is 11.4. The lowest BCUT2D eigenvalue weighted by molar-refractivity contribution is -0.123. The molecule has 2 aromatic carbocycles. The minimum atomic E-state index is -0.285. The smallest absolute Gasteiger partial charge is 0.257 e. The molecule has 2 aliphatic carbocycles. The van der Waals surface area contributed by atoms with Crippen LogP contribution in [-0.4, -0.2) is 17.7 Å². The molecule has 2 bridgehead atoms. The van der Waals surface area contributed by atoms with Gasteiger partial charge in [-0.1, -0.05) is 44.2 Å². The number of hydrogen-bond acceptors (Lipinski definition) is 3. The fourth-order valence-electron chi connectivity index (χ4n) is 6.09. The fraction of sp³-hybridized carbons (Fsp3) is 0.423. The molecule has 3 fully saturated rings. The first-order chi connectivity index (χ1) is 15.0. The van der Waals surface area contributed by atoms with E-state index >= 15 is 0 Å². The highest BCUT2D eigenvalue weighted by Crippen LogP contribution is 2.56. The number of carbonyl (C=O) groups is 3. The SMILES string of the molecule is CCc1cccc(CC)c1NC(=O)c1ccccc1N1C(=O)[C@@H]2[C@H]3CC[C@@H](C3)[C@@H]2C1=O. The van der Waals surface area contributed by atoms with Crippen LogP contribution in [0.3, 0.4) is 0 Å². The van der Waals surface area contributed by atoms with Crippen LogP contribution in [0.15, 0.2) is 42.5 Å². The minimum absolute atomic E-state index is 0.120. The lowest BCUT2D eigenvalue weighted by Gasteiger charge is -2.21. The van der Waals surface area contributed by atoms with Crippen molar-refractivity contribution < 1.29 is 14.4 Å². The van der Waals surface area contributed by atoms with E-state index in [-0.39, 0.29) is 29.6 Å². The molecule has 4 atom stereocenters. The van der Waals surface area contributed by atoms with E-state index in [1.165, 1.54) is 4.90 Å². The third-order valence-corrected chi connectivity index (χ3v) is 7.55. The van der Waals surface area contributed by atoms with Crippen LogP contribution in [0, 0.1) is 23.7 Å². The Kier molecular flexibility index (Phi) is 4.92. The molecule has 2 aromatic rings. The molecular formula is C26H28N2O3. The summed E-state index contributed by atoms with van der Waals surface area (Å²) in [5.41, 5.74) is 3.76. The zero-order chi connectivity index (χ0) is 21.7. The predicted molar refractivity (Wildman–Crippen MR) is 120 cm³/mol. The van der Waals surface area contributed by atoms with Crippen molar-refractivity contribution in [2.45, 2.75) is 46.0 Å². The predicted octanol–water partition coefficient (Wildman–Crippen LogP) is 4.60. The summed E-state index contributed by atoms with van der Waals surface area (Å²) < 4.78 is 0. The van der Waals surface area contributed by atoms with Gasteiger partial charge in [-0.15, -0.1) is 0 Å². The van der Waals surface area contributed by atoms with E-state index in [1.54, 1.807) is 24.3 Å². The van der Waals surface area contributed by atoms with Gasteiger partial charge >= 0.3 is 0 Å². The summed E-state index contributed by atoms with van der Waals surface area (Å²) in [6.45, 7) is 4.12. The van der Waals surface area contributed by atoms with Gasteiger partial charge in [-0.25, -0.2) is 4.90 Å². The molecule has 160 valence electrons. The number of nitrogens with zero attached hydrogens (tertiary/aromatic N) is 1. The Morgan fingerprint density at radius 2 is 1.48 bits per heavy atom. The Balaban J connectivity index is 1.49. The second-order valence-electron chi connectivity index (χ2n) is 9.03. The molecule has 1 aliphatic heterocycles. The average molecular weight is 417 g/mol. The van der Waals surface area contributed by atoms with E-state index in [4.69, 9.17) is 0 Å². The summed E-state index contributed by atoms with van der Waals surface area (Å²) in [6.07, 6.45) is 4.68. The molecule has 5 nitrogen and oxygen atoms in total. The molecule has 0 radical (unpaired) electrons. The number of benzene rings is 2. The number of imide groups is 1. The Morgan fingerprint density at radius 1 is 0.903 bits per heavy atom. The van der Waals surface area contributed by atoms with Crippen molar-refractivity contribution in [1.29, 1.82) is 0 Å². The van der Waals surface area contributed by atoms with Crippen LogP contribution in [0.2, 0.25) is 0 Å². The fourth-order valence-corrected chi connectivity index (χ4v) is 6.09. The summed E-state index contributed by atoms with van der Waals surface area (Å²) >= 11 is 0.